The molecule has 2 aliphatic rings. The molecule has 0 unspecified atom stereocenters. The second-order valence-electron chi connectivity index (χ2n) is 9.43. The van der Waals surface area contributed by atoms with Crippen LogP contribution in [0.5, 0.6) is 5.75 Å². The van der Waals surface area contributed by atoms with E-state index in [0.29, 0.717) is 50.1 Å². The van der Waals surface area contributed by atoms with Crippen molar-refractivity contribution in [1.82, 2.24) is 9.21 Å². The number of hydrogen-bond donors (Lipinski definition) is 0. The van der Waals surface area contributed by atoms with Gasteiger partial charge in [-0.25, -0.2) is 26.0 Å². The molecule has 1 aliphatic heterocycles. The van der Waals surface area contributed by atoms with E-state index in [-0.39, 0.29) is 34.4 Å². The lowest BCUT2D eigenvalue weighted by Gasteiger charge is -2.33. The number of allylic oxidation sites excluding steroid dienone is 1. The fourth-order valence-electron chi connectivity index (χ4n) is 4.90. The summed E-state index contributed by atoms with van der Waals surface area (Å²) in [5, 5.41) is 0. The van der Waals surface area contributed by atoms with Gasteiger partial charge in [0.25, 0.3) is 0 Å². The molecule has 6 nitrogen and oxygen atoms in total. The molecule has 0 radical (unpaired) electrons. The molecule has 0 atom stereocenters. The quantitative estimate of drug-likeness (QED) is 0.402. The minimum absolute atomic E-state index is 0.00482. The molecule has 0 bridgehead atoms. The number of Topliss-reactive ketones (excluding diaryl/α,β-unsaturated/α-hetero) is 1. The molecule has 1 saturated heterocycles. The summed E-state index contributed by atoms with van der Waals surface area (Å²) in [5.41, 5.74) is 0.943. The zero-order chi connectivity index (χ0) is 27.9. The zero-order valence-electron chi connectivity index (χ0n) is 20.9. The van der Waals surface area contributed by atoms with Crippen molar-refractivity contribution >= 4 is 27.0 Å². The lowest BCUT2D eigenvalue weighted by Crippen LogP contribution is -2.49. The van der Waals surface area contributed by atoms with Gasteiger partial charge < -0.3 is 4.74 Å². The topological polar surface area (TPSA) is 66.9 Å². The Labute approximate surface area is 223 Å². The van der Waals surface area contributed by atoms with E-state index in [4.69, 9.17) is 4.74 Å². The second-order valence-corrected chi connectivity index (χ2v) is 11.4. The van der Waals surface area contributed by atoms with E-state index in [0.717, 1.165) is 24.3 Å². The molecule has 0 spiro atoms. The first-order valence-corrected chi connectivity index (χ1v) is 14.0. The van der Waals surface area contributed by atoms with Crippen molar-refractivity contribution in [3.8, 4) is 5.75 Å². The summed E-state index contributed by atoms with van der Waals surface area (Å²) in [4.78, 5) is 15.6. The number of halogens is 4. The van der Waals surface area contributed by atoms with Crippen LogP contribution in [0.2, 0.25) is 0 Å². The Bertz CT molecular complexity index is 1580. The van der Waals surface area contributed by atoms with Crippen molar-refractivity contribution in [1.29, 1.82) is 0 Å². The van der Waals surface area contributed by atoms with E-state index < -0.39 is 39.1 Å². The van der Waals surface area contributed by atoms with Gasteiger partial charge in [-0.05, 0) is 59.2 Å². The van der Waals surface area contributed by atoms with Crippen LogP contribution in [0.25, 0.3) is 11.1 Å². The standard InChI is InChI=1S/C28H24F4N2O4S/c1-39(36,37)34-8-6-33(7-9-34)10-11-38-21-3-4-22-23(16-21)28(35)27(17-2-5-24(31)25(32)14-17)26(22)18-12-19(29)15-20(30)13-18/h2-5,12-16H,6-11H2,1H3. The number of ketones is 1. The summed E-state index contributed by atoms with van der Waals surface area (Å²) in [6, 6.07) is 10.6. The van der Waals surface area contributed by atoms with Gasteiger partial charge in [0.2, 0.25) is 10.0 Å². The zero-order valence-corrected chi connectivity index (χ0v) is 21.7. The van der Waals surface area contributed by atoms with Crippen LogP contribution < -0.4 is 4.74 Å². The molecule has 1 fully saturated rings. The molecule has 0 aromatic heterocycles. The Balaban J connectivity index is 1.40. The third-order valence-electron chi connectivity index (χ3n) is 6.82. The number of ether oxygens (including phenoxy) is 1. The maximum Gasteiger partial charge on any atom is 0.211 e. The molecule has 1 aliphatic carbocycles. The maximum atomic E-state index is 14.1. The van der Waals surface area contributed by atoms with Crippen LogP contribution in [0.15, 0.2) is 54.6 Å². The van der Waals surface area contributed by atoms with Gasteiger partial charge in [0, 0.05) is 55.5 Å². The number of fused-ring (bicyclic) bond motifs is 1. The fourth-order valence-corrected chi connectivity index (χ4v) is 5.73. The van der Waals surface area contributed by atoms with Gasteiger partial charge in [-0.2, -0.15) is 4.31 Å². The van der Waals surface area contributed by atoms with E-state index in [1.807, 2.05) is 0 Å². The van der Waals surface area contributed by atoms with Crippen molar-refractivity contribution in [2.75, 3.05) is 45.6 Å². The van der Waals surface area contributed by atoms with Gasteiger partial charge in [-0.1, -0.05) is 6.07 Å². The van der Waals surface area contributed by atoms with Crippen LogP contribution in [-0.4, -0.2) is 69.0 Å². The monoisotopic (exact) mass is 560 g/mol. The van der Waals surface area contributed by atoms with Crippen molar-refractivity contribution in [3.05, 3.63) is 100 Å². The molecular formula is C28H24F4N2O4S. The van der Waals surface area contributed by atoms with Crippen molar-refractivity contribution in [2.45, 2.75) is 0 Å². The van der Waals surface area contributed by atoms with Crippen molar-refractivity contribution < 1.29 is 35.5 Å². The molecule has 39 heavy (non-hydrogen) atoms. The number of benzene rings is 3. The molecule has 11 heteroatoms. The lowest BCUT2D eigenvalue weighted by atomic mass is 9.94. The lowest BCUT2D eigenvalue weighted by molar-refractivity contribution is 0.105. The highest BCUT2D eigenvalue weighted by Crippen LogP contribution is 2.43. The smallest absolute Gasteiger partial charge is 0.211 e. The number of carbonyl (C=O) groups is 1. The highest BCUT2D eigenvalue weighted by Gasteiger charge is 2.33. The van der Waals surface area contributed by atoms with E-state index in [1.54, 1.807) is 12.1 Å². The van der Waals surface area contributed by atoms with Gasteiger partial charge in [0.15, 0.2) is 17.4 Å². The van der Waals surface area contributed by atoms with Crippen LogP contribution in [0.4, 0.5) is 17.6 Å². The van der Waals surface area contributed by atoms with Crippen LogP contribution >= 0.6 is 0 Å². The fraction of sp³-hybridized carbons (Fsp3) is 0.250. The summed E-state index contributed by atoms with van der Waals surface area (Å²) < 4.78 is 86.6. The number of nitrogens with zero attached hydrogens (tertiary/aromatic N) is 2. The first-order valence-electron chi connectivity index (χ1n) is 12.2. The molecule has 3 aromatic rings. The average Bonchev–Trinajstić information content (AvgIpc) is 3.17. The maximum absolute atomic E-state index is 14.1. The third kappa shape index (κ3) is 5.61. The minimum atomic E-state index is -3.22. The Morgan fingerprint density at radius 1 is 0.769 bits per heavy atom. The summed E-state index contributed by atoms with van der Waals surface area (Å²) >= 11 is 0. The number of rotatable bonds is 7. The van der Waals surface area contributed by atoms with Crippen molar-refractivity contribution in [3.63, 3.8) is 0 Å². The third-order valence-corrected chi connectivity index (χ3v) is 8.12. The second kappa shape index (κ2) is 10.6. The van der Waals surface area contributed by atoms with Crippen LogP contribution in [0.1, 0.15) is 27.0 Å². The predicted molar refractivity (Wildman–Crippen MR) is 138 cm³/mol. The molecule has 0 amide bonds. The largest absolute Gasteiger partial charge is 0.492 e. The van der Waals surface area contributed by atoms with Crippen LogP contribution in [-0.2, 0) is 10.0 Å². The predicted octanol–water partition coefficient (Wildman–Crippen LogP) is 4.35. The Hall–Kier alpha value is -3.54. The summed E-state index contributed by atoms with van der Waals surface area (Å²) in [6.07, 6.45) is 1.18. The van der Waals surface area contributed by atoms with E-state index >= 15 is 0 Å². The van der Waals surface area contributed by atoms with Crippen LogP contribution in [0, 0.1) is 23.3 Å². The number of piperazine rings is 1. The van der Waals surface area contributed by atoms with Gasteiger partial charge >= 0.3 is 0 Å². The molecule has 0 saturated carbocycles. The number of carbonyl (C=O) groups excluding carboxylic acids is 1. The summed E-state index contributed by atoms with van der Waals surface area (Å²) in [5.74, 6) is -4.07. The number of sulfonamides is 1. The molecule has 3 aromatic carbocycles. The van der Waals surface area contributed by atoms with Gasteiger partial charge in [-0.15, -0.1) is 0 Å². The SMILES string of the molecule is CS(=O)(=O)N1CCN(CCOc2ccc3c(c2)C(=O)C(c2ccc(F)c(F)c2)=C3c2cc(F)cc(F)c2)CC1. The van der Waals surface area contributed by atoms with E-state index in [9.17, 15) is 30.8 Å². The Kier molecular flexibility index (Phi) is 7.32. The average molecular weight is 561 g/mol. The molecule has 204 valence electrons. The molecular weight excluding hydrogens is 536 g/mol. The first-order chi connectivity index (χ1) is 18.5. The van der Waals surface area contributed by atoms with E-state index in [2.05, 4.69) is 4.90 Å². The first kappa shape index (κ1) is 27.0. The molecule has 1 heterocycles. The highest BCUT2D eigenvalue weighted by atomic mass is 32.2. The van der Waals surface area contributed by atoms with Gasteiger partial charge in [0.1, 0.15) is 24.0 Å². The normalized spacial score (nSPS) is 16.6. The highest BCUT2D eigenvalue weighted by molar-refractivity contribution is 7.88. The number of hydrogen-bond acceptors (Lipinski definition) is 5. The molecule has 0 N–H and O–H groups in total. The van der Waals surface area contributed by atoms with Gasteiger partial charge in [0.05, 0.1) is 6.26 Å². The summed E-state index contributed by atoms with van der Waals surface area (Å²) in [6.45, 7) is 2.73. The molecule has 5 rings (SSSR count). The minimum Gasteiger partial charge on any atom is -0.492 e. The van der Waals surface area contributed by atoms with Gasteiger partial charge in [-0.3, -0.25) is 9.69 Å². The summed E-state index contributed by atoms with van der Waals surface area (Å²) in [7, 11) is -3.22. The van der Waals surface area contributed by atoms with Crippen LogP contribution in [0.3, 0.4) is 0 Å². The Morgan fingerprint density at radius 2 is 1.46 bits per heavy atom. The van der Waals surface area contributed by atoms with Crippen molar-refractivity contribution in [2.24, 2.45) is 0 Å². The Morgan fingerprint density at radius 3 is 2.10 bits per heavy atom. The van der Waals surface area contributed by atoms with E-state index in [1.165, 1.54) is 22.7 Å².